The van der Waals surface area contributed by atoms with Crippen LogP contribution in [0.4, 0.5) is 65.9 Å². The van der Waals surface area contributed by atoms with Crippen molar-refractivity contribution in [2.75, 3.05) is 14.2 Å². The van der Waals surface area contributed by atoms with Crippen molar-refractivity contribution < 1.29 is 84.9 Å². The molecular formula is C45H17F15N4O4. The topological polar surface area (TPSA) is 113 Å². The van der Waals surface area contributed by atoms with Gasteiger partial charge >= 0.3 is 11.9 Å². The van der Waals surface area contributed by atoms with Crippen molar-refractivity contribution in [3.05, 3.63) is 146 Å². The Kier molecular flexibility index (Phi) is 10.6. The molecule has 0 aliphatic carbocycles. The zero-order chi connectivity index (χ0) is 49.1. The van der Waals surface area contributed by atoms with Gasteiger partial charge in [0.1, 0.15) is 0 Å². The molecule has 346 valence electrons. The lowest BCUT2D eigenvalue weighted by molar-refractivity contribution is 0.0557. The monoisotopic (exact) mass is 962 g/mol. The molecule has 1 aliphatic heterocycles. The zero-order valence-corrected chi connectivity index (χ0v) is 33.4. The second kappa shape index (κ2) is 16.0. The van der Waals surface area contributed by atoms with Crippen LogP contribution < -0.4 is 0 Å². The maximum atomic E-state index is 16.2. The Morgan fingerprint density at radius 2 is 0.765 bits per heavy atom. The summed E-state index contributed by atoms with van der Waals surface area (Å²) in [5.74, 6) is -40.6. The van der Waals surface area contributed by atoms with Gasteiger partial charge in [-0.2, -0.15) is 0 Å². The van der Waals surface area contributed by atoms with Gasteiger partial charge in [-0.1, -0.05) is 6.07 Å². The highest BCUT2D eigenvalue weighted by molar-refractivity contribution is 6.25. The third-order valence-electron chi connectivity index (χ3n) is 11.0. The summed E-state index contributed by atoms with van der Waals surface area (Å²) >= 11 is 0. The number of carbonyl (C=O) groups is 2. The number of halogens is 15. The van der Waals surface area contributed by atoms with Gasteiger partial charge in [0, 0.05) is 44.0 Å². The number of hydrogen-bond acceptors (Lipinski definition) is 5. The van der Waals surface area contributed by atoms with E-state index in [0.29, 0.717) is 6.08 Å². The minimum absolute atomic E-state index is 0.395. The first kappa shape index (κ1) is 44.9. The lowest BCUT2D eigenvalue weighted by Crippen LogP contribution is -2.12. The van der Waals surface area contributed by atoms with Crippen LogP contribution in [0.25, 0.3) is 89.4 Å². The minimum Gasteiger partial charge on any atom is -0.465 e. The minimum atomic E-state index is -2.66. The number of methoxy groups -OCH3 is 2. The quantitative estimate of drug-likeness (QED) is 0.0688. The highest BCUT2D eigenvalue weighted by Crippen LogP contribution is 2.45. The highest BCUT2D eigenvalue weighted by Gasteiger charge is 2.35. The van der Waals surface area contributed by atoms with E-state index >= 15 is 52.7 Å². The van der Waals surface area contributed by atoms with Crippen molar-refractivity contribution in [1.29, 1.82) is 0 Å². The number of carbonyl (C=O) groups excluding carboxylic acids is 2. The molecule has 9 rings (SSSR count). The lowest BCUT2D eigenvalue weighted by Gasteiger charge is -2.11. The standard InChI is InChI=1S/C45H17F15N4O4/c1-67-44(65)12-4-3-11-19(20(12)45(66)68-2)43-18-10-9-16(63-18)22(25-29(48)35(54)40(59)36(55)30(25)49)14-6-5-13(61-14)21(24-27(46)33(52)39(58)34(53)28(24)47)15-7-8-17(62-15)23(42(11)64-43)26-31(50)37(56)41(60)38(57)32(26)51/h3-10,61,63-64H,1-2H3. The molecule has 23 heteroatoms. The number of fused-ring (bicyclic) bond motifs is 12. The fourth-order valence-electron chi connectivity index (χ4n) is 8.00. The summed E-state index contributed by atoms with van der Waals surface area (Å²) in [5.41, 5.74) is -15.4. The normalized spacial score (nSPS) is 12.0. The Hall–Kier alpha value is -8.24. The van der Waals surface area contributed by atoms with Crippen LogP contribution in [-0.4, -0.2) is 46.1 Å². The fourth-order valence-corrected chi connectivity index (χ4v) is 8.00. The van der Waals surface area contributed by atoms with Crippen LogP contribution in [0.5, 0.6) is 0 Å². The molecular weight excluding hydrogens is 945 g/mol. The van der Waals surface area contributed by atoms with Crippen LogP contribution in [0.2, 0.25) is 0 Å². The summed E-state index contributed by atoms with van der Waals surface area (Å²) < 4.78 is 240. The molecule has 0 unspecified atom stereocenters. The number of nitrogens with one attached hydrogen (secondary N) is 3. The zero-order valence-electron chi connectivity index (χ0n) is 33.4. The molecule has 0 atom stereocenters. The van der Waals surface area contributed by atoms with Crippen molar-refractivity contribution in [2.24, 2.45) is 0 Å². The molecule has 1 aliphatic rings. The third kappa shape index (κ3) is 6.31. The van der Waals surface area contributed by atoms with Gasteiger partial charge in [-0.3, -0.25) is 0 Å². The van der Waals surface area contributed by atoms with Crippen molar-refractivity contribution in [3.8, 4) is 33.4 Å². The highest BCUT2D eigenvalue weighted by atomic mass is 19.2. The van der Waals surface area contributed by atoms with Crippen LogP contribution in [0.3, 0.4) is 0 Å². The number of nitrogens with zero attached hydrogens (tertiary/aromatic N) is 1. The second-order valence-electron chi connectivity index (χ2n) is 14.5. The van der Waals surface area contributed by atoms with E-state index in [0.717, 1.165) is 56.7 Å². The van der Waals surface area contributed by atoms with Crippen molar-refractivity contribution >= 4 is 68.0 Å². The summed E-state index contributed by atoms with van der Waals surface area (Å²) in [6.45, 7) is 0. The lowest BCUT2D eigenvalue weighted by atomic mass is 9.96. The van der Waals surface area contributed by atoms with Gasteiger partial charge in [-0.25, -0.2) is 80.4 Å². The molecule has 0 spiro atoms. The van der Waals surface area contributed by atoms with Crippen molar-refractivity contribution in [2.45, 2.75) is 0 Å². The van der Waals surface area contributed by atoms with Gasteiger partial charge in [0.25, 0.3) is 0 Å². The summed E-state index contributed by atoms with van der Waals surface area (Å²) in [7, 11) is 1.74. The molecule has 0 amide bonds. The predicted octanol–water partition coefficient (Wildman–Crippen LogP) is 12.5. The van der Waals surface area contributed by atoms with Crippen LogP contribution >= 0.6 is 0 Å². The molecule has 0 saturated carbocycles. The van der Waals surface area contributed by atoms with Gasteiger partial charge in [0.2, 0.25) is 17.5 Å². The predicted molar refractivity (Wildman–Crippen MR) is 211 cm³/mol. The first-order valence-electron chi connectivity index (χ1n) is 18.8. The van der Waals surface area contributed by atoms with E-state index in [9.17, 15) is 22.8 Å². The molecule has 68 heavy (non-hydrogen) atoms. The molecule has 8 bridgehead atoms. The van der Waals surface area contributed by atoms with E-state index in [1.54, 1.807) is 0 Å². The molecule has 5 heterocycles. The van der Waals surface area contributed by atoms with Gasteiger partial charge in [0.05, 0.1) is 70.0 Å². The molecule has 3 N–H and O–H groups in total. The Morgan fingerprint density at radius 1 is 0.397 bits per heavy atom. The maximum absolute atomic E-state index is 16.2. The molecule has 4 aromatic heterocycles. The number of hydrogen-bond donors (Lipinski definition) is 3. The van der Waals surface area contributed by atoms with Gasteiger partial charge in [-0.05, 0) is 42.5 Å². The second-order valence-corrected chi connectivity index (χ2v) is 14.5. The van der Waals surface area contributed by atoms with Gasteiger partial charge < -0.3 is 24.4 Å². The fraction of sp³-hybridized carbons (Fsp3) is 0.0444. The SMILES string of the molecule is COC(=O)c1ccc2c3[nH]c(c4ccc([nH]4)c(-c4c(F)c(F)c(F)c(F)c4F)c4ccc([nH]4)c(-c4c(F)c(F)c(F)c(F)c4F)c4nc(c3-c3c(F)c(F)c(F)c(F)c3F)C=C4)c2c1C(=O)OC. The van der Waals surface area contributed by atoms with Crippen molar-refractivity contribution in [3.63, 3.8) is 0 Å². The first-order chi connectivity index (χ1) is 32.2. The van der Waals surface area contributed by atoms with Gasteiger partial charge in [-0.15, -0.1) is 0 Å². The van der Waals surface area contributed by atoms with Crippen LogP contribution in [0.15, 0.2) is 36.4 Å². The maximum Gasteiger partial charge on any atom is 0.339 e. The molecule has 8 nitrogen and oxygen atoms in total. The number of aromatic amines is 3. The summed E-state index contributed by atoms with van der Waals surface area (Å²) in [6, 6.07) is 5.40. The van der Waals surface area contributed by atoms with Crippen LogP contribution in [-0.2, 0) is 9.47 Å². The third-order valence-corrected chi connectivity index (χ3v) is 11.0. The van der Waals surface area contributed by atoms with E-state index in [2.05, 4.69) is 19.9 Å². The van der Waals surface area contributed by atoms with E-state index < -0.39 is 199 Å². The Labute approximate surface area is 366 Å². The number of benzene rings is 4. The Bertz CT molecular complexity index is 3700. The average Bonchev–Trinajstić information content (AvgIpc) is 4.18. The number of ether oxygens (including phenoxy) is 2. The van der Waals surface area contributed by atoms with Crippen LogP contribution in [0.1, 0.15) is 32.1 Å². The average molecular weight is 963 g/mol. The Morgan fingerprint density at radius 3 is 1.22 bits per heavy atom. The molecule has 4 aromatic carbocycles. The van der Waals surface area contributed by atoms with Crippen molar-refractivity contribution in [1.82, 2.24) is 19.9 Å². The molecule has 0 fully saturated rings. The van der Waals surface area contributed by atoms with Crippen LogP contribution in [0, 0.1) is 87.3 Å². The van der Waals surface area contributed by atoms with E-state index in [4.69, 9.17) is 9.47 Å². The Balaban J connectivity index is 1.65. The molecule has 8 aromatic rings. The number of esters is 2. The van der Waals surface area contributed by atoms with Gasteiger partial charge in [0.15, 0.2) is 69.8 Å². The number of aromatic nitrogens is 4. The molecule has 0 radical (unpaired) electrons. The van der Waals surface area contributed by atoms with E-state index in [-0.39, 0.29) is 0 Å². The smallest absolute Gasteiger partial charge is 0.339 e. The van der Waals surface area contributed by atoms with E-state index in [1.807, 2.05) is 0 Å². The largest absolute Gasteiger partial charge is 0.465 e. The summed E-state index contributed by atoms with van der Waals surface area (Å²) in [6.07, 6.45) is 1.45. The first-order valence-corrected chi connectivity index (χ1v) is 18.8. The van der Waals surface area contributed by atoms with E-state index in [1.165, 1.54) is 0 Å². The molecule has 0 saturated heterocycles. The summed E-state index contributed by atoms with van der Waals surface area (Å²) in [4.78, 5) is 38.6. The number of H-pyrrole nitrogens is 3. The number of rotatable bonds is 5. The summed E-state index contributed by atoms with van der Waals surface area (Å²) in [5, 5.41) is -0.961.